The van der Waals surface area contributed by atoms with Crippen LogP contribution in [0.25, 0.3) is 0 Å². The molecule has 0 rings (SSSR count). The molecule has 0 heterocycles. The Morgan fingerprint density at radius 1 is 1.13 bits per heavy atom. The van der Waals surface area contributed by atoms with Gasteiger partial charge in [0.1, 0.15) is 0 Å². The second kappa shape index (κ2) is 5.21. The van der Waals surface area contributed by atoms with Gasteiger partial charge in [0.05, 0.1) is 0 Å². The van der Waals surface area contributed by atoms with Crippen molar-refractivity contribution in [3.05, 3.63) is 0 Å². The molecule has 0 fully saturated rings. The molecule has 0 aliphatic heterocycles. The van der Waals surface area contributed by atoms with Crippen molar-refractivity contribution in [2.75, 3.05) is 13.4 Å². The summed E-state index contributed by atoms with van der Waals surface area (Å²) in [7, 11) is 0. The van der Waals surface area contributed by atoms with E-state index in [-0.39, 0.29) is 0 Å². The summed E-state index contributed by atoms with van der Waals surface area (Å²) in [5.74, 6) is -1.00. The zero-order chi connectivity index (χ0) is 12.1. The minimum absolute atomic E-state index is 0.863. The van der Waals surface area contributed by atoms with Gasteiger partial charge in [-0.25, -0.2) is 0 Å². The number of alkyl halides is 5. The normalized spacial score (nSPS) is 12.7. The molecule has 0 radical (unpaired) electrons. The predicted octanol–water partition coefficient (Wildman–Crippen LogP) is 1.65. The first-order valence-electron chi connectivity index (χ1n) is 3.48. The zero-order valence-electron chi connectivity index (χ0n) is 7.44. The molecule has 0 aromatic heterocycles. The lowest BCUT2D eigenvalue weighted by Crippen LogP contribution is -2.31. The maximum Gasteiger partial charge on any atom is 0.524 e. The van der Waals surface area contributed by atoms with Gasteiger partial charge >= 0.3 is 18.4 Å². The van der Waals surface area contributed by atoms with Crippen molar-refractivity contribution in [2.24, 2.45) is 0 Å². The summed E-state index contributed by atoms with van der Waals surface area (Å²) < 4.78 is 68.9. The molecule has 0 amide bonds. The summed E-state index contributed by atoms with van der Waals surface area (Å²) in [4.78, 5) is 10.1. The number of hydrogen-bond acceptors (Lipinski definition) is 4. The highest BCUT2D eigenvalue weighted by atomic mass is 19.4. The van der Waals surface area contributed by atoms with E-state index in [9.17, 15) is 26.7 Å². The van der Waals surface area contributed by atoms with Crippen molar-refractivity contribution in [1.29, 1.82) is 0 Å². The van der Waals surface area contributed by atoms with E-state index >= 15 is 0 Å². The Morgan fingerprint density at radius 3 is 2.07 bits per heavy atom. The van der Waals surface area contributed by atoms with E-state index in [4.69, 9.17) is 0 Å². The highest BCUT2D eigenvalue weighted by Gasteiger charge is 2.35. The van der Waals surface area contributed by atoms with Crippen molar-refractivity contribution in [2.45, 2.75) is 19.4 Å². The minimum atomic E-state index is -5.06. The number of carbonyl (C=O) groups excluding carboxylic acids is 1. The lowest BCUT2D eigenvalue weighted by Gasteiger charge is -2.16. The topological polar surface area (TPSA) is 44.8 Å². The van der Waals surface area contributed by atoms with Crippen molar-refractivity contribution in [3.8, 4) is 0 Å². The number of rotatable bonds is 5. The van der Waals surface area contributed by atoms with Gasteiger partial charge in [-0.2, -0.15) is 8.78 Å². The molecule has 0 aliphatic rings. The first kappa shape index (κ1) is 14.0. The van der Waals surface area contributed by atoms with Crippen LogP contribution in [0.1, 0.15) is 6.92 Å². The molecule has 15 heavy (non-hydrogen) atoms. The van der Waals surface area contributed by atoms with Gasteiger partial charge in [0, 0.05) is 6.92 Å². The van der Waals surface area contributed by atoms with E-state index in [1.165, 1.54) is 0 Å². The second-order valence-corrected chi connectivity index (χ2v) is 2.27. The molecule has 9 heteroatoms. The number of halogens is 5. The quantitative estimate of drug-likeness (QED) is 0.415. The lowest BCUT2D eigenvalue weighted by molar-refractivity contribution is -0.383. The lowest BCUT2D eigenvalue weighted by atomic mass is 10.6. The van der Waals surface area contributed by atoms with Crippen LogP contribution in [0.5, 0.6) is 0 Å². The van der Waals surface area contributed by atoms with Crippen LogP contribution in [0.15, 0.2) is 0 Å². The fraction of sp³-hybridized carbons (Fsp3) is 0.833. The van der Waals surface area contributed by atoms with Gasteiger partial charge in [0.2, 0.25) is 0 Å². The van der Waals surface area contributed by atoms with Crippen LogP contribution in [0.4, 0.5) is 22.0 Å². The molecule has 0 aliphatic carbocycles. The third kappa shape index (κ3) is 9.35. The molecule has 4 nitrogen and oxygen atoms in total. The van der Waals surface area contributed by atoms with Gasteiger partial charge in [-0.05, 0) is 0 Å². The molecule has 0 spiro atoms. The predicted molar refractivity (Wildman–Crippen MR) is 34.7 cm³/mol. The van der Waals surface area contributed by atoms with E-state index < -0.39 is 31.8 Å². The number of hydrogen-bond donors (Lipinski definition) is 0. The molecule has 0 unspecified atom stereocenters. The van der Waals surface area contributed by atoms with Gasteiger partial charge < -0.3 is 4.74 Å². The van der Waals surface area contributed by atoms with Crippen molar-refractivity contribution in [1.82, 2.24) is 0 Å². The van der Waals surface area contributed by atoms with Gasteiger partial charge in [-0.3, -0.25) is 14.3 Å². The van der Waals surface area contributed by atoms with E-state index in [2.05, 4.69) is 14.2 Å². The summed E-state index contributed by atoms with van der Waals surface area (Å²) in [5.41, 5.74) is 0. The van der Waals surface area contributed by atoms with Crippen LogP contribution in [0.3, 0.4) is 0 Å². The highest BCUT2D eigenvalue weighted by molar-refractivity contribution is 5.65. The first-order chi connectivity index (χ1) is 6.62. The Kier molecular flexibility index (Phi) is 4.88. The maximum absolute atomic E-state index is 12.4. The summed E-state index contributed by atoms with van der Waals surface area (Å²) in [6.45, 7) is -2.29. The zero-order valence-corrected chi connectivity index (χ0v) is 7.44. The van der Waals surface area contributed by atoms with Crippen molar-refractivity contribution in [3.63, 3.8) is 0 Å². The second-order valence-electron chi connectivity index (χ2n) is 2.27. The van der Waals surface area contributed by atoms with Gasteiger partial charge in [-0.15, -0.1) is 13.2 Å². The van der Waals surface area contributed by atoms with Gasteiger partial charge in [0.15, 0.2) is 13.4 Å². The Balaban J connectivity index is 3.78. The largest absolute Gasteiger partial charge is 0.524 e. The molecule has 0 atom stereocenters. The summed E-state index contributed by atoms with van der Waals surface area (Å²) in [5, 5.41) is 0. The van der Waals surface area contributed by atoms with Crippen LogP contribution < -0.4 is 0 Å². The fourth-order valence-corrected chi connectivity index (χ4v) is 0.410. The van der Waals surface area contributed by atoms with Crippen molar-refractivity contribution >= 4 is 5.97 Å². The monoisotopic (exact) mass is 238 g/mol. The third-order valence-electron chi connectivity index (χ3n) is 0.936. The molecule has 0 saturated heterocycles. The molecule has 0 aromatic rings. The minimum Gasteiger partial charge on any atom is -0.457 e. The number of ether oxygens (including phenoxy) is 3. The Bertz CT molecular complexity index is 214. The van der Waals surface area contributed by atoms with Crippen LogP contribution >= 0.6 is 0 Å². The Morgan fingerprint density at radius 2 is 1.67 bits per heavy atom. The maximum atomic E-state index is 12.4. The molecule has 0 aromatic carbocycles. The van der Waals surface area contributed by atoms with E-state index in [1.54, 1.807) is 0 Å². The van der Waals surface area contributed by atoms with Crippen LogP contribution in [0.2, 0.25) is 0 Å². The average Bonchev–Trinajstić information content (AvgIpc) is 1.98. The Labute approximate surface area is 80.9 Å². The van der Waals surface area contributed by atoms with Crippen molar-refractivity contribution < 1.29 is 41.0 Å². The van der Waals surface area contributed by atoms with E-state index in [1.807, 2.05) is 0 Å². The Hall–Kier alpha value is -0.960. The van der Waals surface area contributed by atoms with Gasteiger partial charge in [0.25, 0.3) is 0 Å². The van der Waals surface area contributed by atoms with Crippen LogP contribution in [0, 0.1) is 0 Å². The smallest absolute Gasteiger partial charge is 0.457 e. The first-order valence-corrected chi connectivity index (χ1v) is 3.48. The summed E-state index contributed by atoms with van der Waals surface area (Å²) in [6, 6.07) is 0. The molecule has 90 valence electrons. The van der Waals surface area contributed by atoms with Gasteiger partial charge in [-0.1, -0.05) is 0 Å². The SMILES string of the molecule is CC(=O)OCC(F)(F)OCOC(F)(F)F. The highest BCUT2D eigenvalue weighted by Crippen LogP contribution is 2.20. The third-order valence-corrected chi connectivity index (χ3v) is 0.936. The average molecular weight is 238 g/mol. The summed E-state index contributed by atoms with van der Waals surface area (Å²) in [6.07, 6.45) is -9.07. The fourth-order valence-electron chi connectivity index (χ4n) is 0.410. The van der Waals surface area contributed by atoms with Crippen LogP contribution in [-0.2, 0) is 19.0 Å². The molecule has 0 saturated carbocycles. The molecular weight excluding hydrogens is 231 g/mol. The molecule has 0 N–H and O–H groups in total. The number of esters is 1. The molecular formula is C6H7F5O4. The van der Waals surface area contributed by atoms with E-state index in [0.717, 1.165) is 6.92 Å². The number of carbonyl (C=O) groups is 1. The summed E-state index contributed by atoms with van der Waals surface area (Å²) >= 11 is 0. The van der Waals surface area contributed by atoms with Crippen LogP contribution in [-0.4, -0.2) is 31.8 Å². The standard InChI is InChI=1S/C6H7F5O4/c1-4(12)13-2-5(7,8)14-3-15-6(9,10)11/h2-3H2,1H3. The van der Waals surface area contributed by atoms with E-state index in [0.29, 0.717) is 0 Å². The molecule has 0 bridgehead atoms.